The molecule has 0 aromatic carbocycles. The van der Waals surface area contributed by atoms with Crippen LogP contribution in [0.4, 0.5) is 0 Å². The summed E-state index contributed by atoms with van der Waals surface area (Å²) in [4.78, 5) is 0. The molecule has 0 aliphatic heterocycles. The number of unbranched alkanes of at least 4 members (excludes halogenated alkanes) is 1. The number of ether oxygens (including phenoxy) is 2. The van der Waals surface area contributed by atoms with Crippen LogP contribution in [0.2, 0.25) is 0 Å². The van der Waals surface area contributed by atoms with Crippen molar-refractivity contribution in [3.63, 3.8) is 0 Å². The van der Waals surface area contributed by atoms with E-state index in [1.54, 1.807) is 6.92 Å². The van der Waals surface area contributed by atoms with E-state index in [1.165, 1.54) is 0 Å². The summed E-state index contributed by atoms with van der Waals surface area (Å²) in [5.41, 5.74) is 0. The van der Waals surface area contributed by atoms with E-state index in [9.17, 15) is 0 Å². The molecule has 2 atom stereocenters. The summed E-state index contributed by atoms with van der Waals surface area (Å²) in [6, 6.07) is 0. The van der Waals surface area contributed by atoms with Crippen molar-refractivity contribution >= 4 is 28.5 Å². The molecule has 0 heterocycles. The number of alkyl halides is 1. The molecule has 0 radical (unpaired) electrons. The second-order valence-electron chi connectivity index (χ2n) is 4.17. The molecular formula is C12H22INO3. The number of nitrogens with one attached hydrogen (secondary N) is 1. The molecule has 0 fully saturated rings. The first-order valence-electron chi connectivity index (χ1n) is 5.77. The van der Waals surface area contributed by atoms with Crippen LogP contribution in [0.5, 0.6) is 0 Å². The number of halogens is 1. The van der Waals surface area contributed by atoms with Gasteiger partial charge in [0.25, 0.3) is 4.30 Å². The van der Waals surface area contributed by atoms with E-state index in [4.69, 9.17) is 20.0 Å². The minimum Gasteiger partial charge on any atom is -0.452 e. The highest BCUT2D eigenvalue weighted by Gasteiger charge is 2.08. The van der Waals surface area contributed by atoms with Crippen molar-refractivity contribution in [2.45, 2.75) is 43.8 Å². The number of aliphatic hydroxyl groups is 1. The number of aliphatic hydroxyl groups excluding tert-OH is 1. The van der Waals surface area contributed by atoms with Crippen LogP contribution in [0.3, 0.4) is 0 Å². The second kappa shape index (κ2) is 9.70. The van der Waals surface area contributed by atoms with Gasteiger partial charge in [-0.15, -0.1) is 0 Å². The predicted octanol–water partition coefficient (Wildman–Crippen LogP) is 3.44. The molecule has 0 bridgehead atoms. The minimum absolute atomic E-state index is 0.232. The van der Waals surface area contributed by atoms with Crippen LogP contribution >= 0.6 is 22.6 Å². The first-order chi connectivity index (χ1) is 7.95. The van der Waals surface area contributed by atoms with Gasteiger partial charge in [-0.05, 0) is 25.7 Å². The Balaban J connectivity index is 3.56. The van der Waals surface area contributed by atoms with E-state index in [0.29, 0.717) is 18.1 Å². The minimum atomic E-state index is -0.478. The largest absolute Gasteiger partial charge is 0.452 e. The SMILES string of the molecule is C=C(C)OC(I)OC(=N)CCCCC(C)CO. The lowest BCUT2D eigenvalue weighted by atomic mass is 10.0. The number of hydrogen-bond acceptors (Lipinski definition) is 4. The second-order valence-corrected chi connectivity index (χ2v) is 5.19. The fourth-order valence-electron chi connectivity index (χ4n) is 1.22. The van der Waals surface area contributed by atoms with Gasteiger partial charge in [0.2, 0.25) is 0 Å². The Labute approximate surface area is 117 Å². The summed E-state index contributed by atoms with van der Waals surface area (Å²) < 4.78 is 9.93. The Morgan fingerprint density at radius 1 is 1.41 bits per heavy atom. The van der Waals surface area contributed by atoms with E-state index < -0.39 is 4.30 Å². The molecule has 2 unspecified atom stereocenters. The van der Waals surface area contributed by atoms with Crippen LogP contribution in [-0.2, 0) is 9.47 Å². The number of rotatable bonds is 9. The van der Waals surface area contributed by atoms with E-state index >= 15 is 0 Å². The lowest BCUT2D eigenvalue weighted by molar-refractivity contribution is 0.0318. The van der Waals surface area contributed by atoms with Gasteiger partial charge in [-0.3, -0.25) is 5.41 Å². The van der Waals surface area contributed by atoms with Crippen molar-refractivity contribution in [3.8, 4) is 0 Å². The molecule has 17 heavy (non-hydrogen) atoms. The average Bonchev–Trinajstić information content (AvgIpc) is 2.22. The molecule has 0 aromatic heterocycles. The Morgan fingerprint density at radius 3 is 2.59 bits per heavy atom. The molecule has 0 aromatic rings. The number of allylic oxidation sites excluding steroid dienone is 1. The highest BCUT2D eigenvalue weighted by molar-refractivity contribution is 14.1. The van der Waals surface area contributed by atoms with Crippen LogP contribution < -0.4 is 0 Å². The maximum atomic E-state index is 8.85. The van der Waals surface area contributed by atoms with Gasteiger partial charge in [0.1, 0.15) is 0 Å². The molecule has 0 aliphatic carbocycles. The van der Waals surface area contributed by atoms with Gasteiger partial charge in [-0.1, -0.05) is 19.9 Å². The maximum absolute atomic E-state index is 8.85. The molecule has 5 heteroatoms. The molecule has 0 spiro atoms. The average molecular weight is 355 g/mol. The van der Waals surface area contributed by atoms with Gasteiger partial charge in [-0.25, -0.2) is 0 Å². The Bertz CT molecular complexity index is 246. The summed E-state index contributed by atoms with van der Waals surface area (Å²) in [6.07, 6.45) is 3.50. The smallest absolute Gasteiger partial charge is 0.293 e. The lowest BCUT2D eigenvalue weighted by Gasteiger charge is -2.15. The first-order valence-corrected chi connectivity index (χ1v) is 7.01. The fourth-order valence-corrected chi connectivity index (χ4v) is 1.96. The molecule has 0 aliphatic rings. The van der Waals surface area contributed by atoms with Gasteiger partial charge < -0.3 is 14.6 Å². The highest BCUT2D eigenvalue weighted by atomic mass is 127. The van der Waals surface area contributed by atoms with Crippen molar-refractivity contribution in [3.05, 3.63) is 12.3 Å². The molecule has 2 N–H and O–H groups in total. The Hall–Kier alpha value is -0.300. The number of hydrogen-bond donors (Lipinski definition) is 2. The third-order valence-electron chi connectivity index (χ3n) is 2.19. The van der Waals surface area contributed by atoms with Gasteiger partial charge in [0.15, 0.2) is 5.90 Å². The monoisotopic (exact) mass is 355 g/mol. The third-order valence-corrected chi connectivity index (χ3v) is 2.70. The van der Waals surface area contributed by atoms with Crippen molar-refractivity contribution < 1.29 is 14.6 Å². The van der Waals surface area contributed by atoms with Crippen molar-refractivity contribution in [2.24, 2.45) is 5.92 Å². The summed E-state index contributed by atoms with van der Waals surface area (Å²) >= 11 is 1.97. The van der Waals surface area contributed by atoms with E-state index in [2.05, 4.69) is 6.58 Å². The standard InChI is InChI=1S/C12H22INO3/c1-9(2)16-12(13)17-11(14)7-5-4-6-10(3)8-15/h10,12,14-15H,1,4-8H2,2-3H3. The highest BCUT2D eigenvalue weighted by Crippen LogP contribution is 2.13. The quantitative estimate of drug-likeness (QED) is 0.127. The third kappa shape index (κ3) is 10.6. The van der Waals surface area contributed by atoms with Crippen LogP contribution in [0.25, 0.3) is 0 Å². The molecule has 0 saturated heterocycles. The molecule has 0 saturated carbocycles. The molecule has 100 valence electrons. The lowest BCUT2D eigenvalue weighted by Crippen LogP contribution is -2.13. The first kappa shape index (κ1) is 16.7. The van der Waals surface area contributed by atoms with E-state index in [0.717, 1.165) is 19.3 Å². The van der Waals surface area contributed by atoms with Crippen molar-refractivity contribution in [2.75, 3.05) is 6.61 Å². The zero-order valence-corrected chi connectivity index (χ0v) is 12.7. The van der Waals surface area contributed by atoms with E-state index in [1.807, 2.05) is 29.5 Å². The van der Waals surface area contributed by atoms with Gasteiger partial charge in [0, 0.05) is 35.6 Å². The summed E-state index contributed by atoms with van der Waals surface area (Å²) in [7, 11) is 0. The Morgan fingerprint density at radius 2 is 2.06 bits per heavy atom. The zero-order chi connectivity index (χ0) is 13.3. The molecular weight excluding hydrogens is 333 g/mol. The normalized spacial score (nSPS) is 13.9. The maximum Gasteiger partial charge on any atom is 0.293 e. The van der Waals surface area contributed by atoms with Gasteiger partial charge >= 0.3 is 0 Å². The summed E-state index contributed by atoms with van der Waals surface area (Å²) in [5, 5.41) is 16.5. The zero-order valence-electron chi connectivity index (χ0n) is 10.5. The molecule has 0 rings (SSSR count). The van der Waals surface area contributed by atoms with Crippen LogP contribution in [0.15, 0.2) is 12.3 Å². The van der Waals surface area contributed by atoms with Crippen molar-refractivity contribution in [1.82, 2.24) is 0 Å². The van der Waals surface area contributed by atoms with E-state index in [-0.39, 0.29) is 12.5 Å². The molecule has 4 nitrogen and oxygen atoms in total. The van der Waals surface area contributed by atoms with Gasteiger partial charge in [0.05, 0.1) is 5.76 Å². The van der Waals surface area contributed by atoms with Crippen molar-refractivity contribution in [1.29, 1.82) is 5.41 Å². The van der Waals surface area contributed by atoms with Crippen LogP contribution in [-0.4, -0.2) is 21.9 Å². The van der Waals surface area contributed by atoms with Gasteiger partial charge in [-0.2, -0.15) is 0 Å². The molecule has 0 amide bonds. The predicted molar refractivity (Wildman–Crippen MR) is 77.2 cm³/mol. The topological polar surface area (TPSA) is 62.5 Å². The summed E-state index contributed by atoms with van der Waals surface area (Å²) in [6.45, 7) is 7.60. The Kier molecular flexibility index (Phi) is 9.53. The van der Waals surface area contributed by atoms with Crippen LogP contribution in [0, 0.1) is 11.3 Å². The summed E-state index contributed by atoms with van der Waals surface area (Å²) in [5.74, 6) is 1.16. The van der Waals surface area contributed by atoms with Crippen LogP contribution in [0.1, 0.15) is 39.5 Å². The fraction of sp³-hybridized carbons (Fsp3) is 0.750.